The fourth-order valence-corrected chi connectivity index (χ4v) is 4.96. The van der Waals surface area contributed by atoms with Crippen LogP contribution in [0.25, 0.3) is 21.6 Å². The van der Waals surface area contributed by atoms with Crippen molar-refractivity contribution in [3.63, 3.8) is 0 Å². The van der Waals surface area contributed by atoms with Crippen LogP contribution in [0, 0.1) is 5.82 Å². The lowest BCUT2D eigenvalue weighted by molar-refractivity contribution is 0.632. The Morgan fingerprint density at radius 1 is 0.920 bits per heavy atom. The molecule has 0 bridgehead atoms. The lowest BCUT2D eigenvalue weighted by Crippen LogP contribution is -1.86. The molecule has 128 valence electrons. The van der Waals surface area contributed by atoms with Gasteiger partial charge in [-0.3, -0.25) is 0 Å². The average molecular weight is 351 g/mol. The van der Waals surface area contributed by atoms with E-state index in [-0.39, 0.29) is 5.82 Å². The van der Waals surface area contributed by atoms with Gasteiger partial charge in [-0.05, 0) is 66.1 Å². The number of hydrogen-bond donors (Lipinski definition) is 0. The summed E-state index contributed by atoms with van der Waals surface area (Å²) in [6.07, 6.45) is 6.26. The van der Waals surface area contributed by atoms with Crippen LogP contribution in [-0.4, -0.2) is 0 Å². The first-order valence-corrected chi connectivity index (χ1v) is 10.0. The second-order valence-electron chi connectivity index (χ2n) is 6.93. The number of rotatable bonds is 4. The molecule has 0 unspecified atom stereocenters. The summed E-state index contributed by atoms with van der Waals surface area (Å²) >= 11 is 1.76. The molecule has 0 N–H and O–H groups in total. The quantitative estimate of drug-likeness (QED) is 0.458. The smallest absolute Gasteiger partial charge is 0.132 e. The summed E-state index contributed by atoms with van der Waals surface area (Å²) in [4.78, 5) is 2.47. The Balaban J connectivity index is 1.61. The molecule has 0 saturated heterocycles. The molecule has 1 saturated carbocycles. The summed E-state index contributed by atoms with van der Waals surface area (Å²) in [5.41, 5.74) is 4.04. The first-order chi connectivity index (χ1) is 12.2. The lowest BCUT2D eigenvalue weighted by atomic mass is 10.0. The minimum absolute atomic E-state index is 0.128. The lowest BCUT2D eigenvalue weighted by Gasteiger charge is -2.07. The van der Waals surface area contributed by atoms with Crippen molar-refractivity contribution < 1.29 is 4.39 Å². The Morgan fingerprint density at radius 2 is 1.64 bits per heavy atom. The van der Waals surface area contributed by atoms with Crippen LogP contribution in [0.3, 0.4) is 0 Å². The van der Waals surface area contributed by atoms with Crippen LogP contribution in [-0.2, 0) is 6.42 Å². The van der Waals surface area contributed by atoms with E-state index in [0.717, 1.165) is 28.0 Å². The Kier molecular flexibility index (Phi) is 4.72. The van der Waals surface area contributed by atoms with Gasteiger partial charge in [-0.25, -0.2) is 4.39 Å². The second-order valence-corrected chi connectivity index (χ2v) is 8.04. The zero-order valence-corrected chi connectivity index (χ0v) is 15.4. The van der Waals surface area contributed by atoms with Crippen molar-refractivity contribution in [3.8, 4) is 21.6 Å². The highest BCUT2D eigenvalue weighted by molar-refractivity contribution is 7.15. The molecule has 3 aromatic rings. The number of hydrogen-bond acceptors (Lipinski definition) is 1. The van der Waals surface area contributed by atoms with Crippen LogP contribution >= 0.6 is 11.3 Å². The molecule has 0 nitrogen and oxygen atoms in total. The van der Waals surface area contributed by atoms with Crippen LogP contribution in [0.2, 0.25) is 0 Å². The van der Waals surface area contributed by atoms with E-state index in [0.29, 0.717) is 5.92 Å². The molecule has 0 amide bonds. The van der Waals surface area contributed by atoms with E-state index in [4.69, 9.17) is 0 Å². The molecule has 1 heterocycles. The molecule has 25 heavy (non-hydrogen) atoms. The zero-order valence-electron chi connectivity index (χ0n) is 14.6. The molecule has 2 aromatic carbocycles. The maximum absolute atomic E-state index is 14.8. The third-order valence-corrected chi connectivity index (χ3v) is 6.60. The highest BCUT2D eigenvalue weighted by atomic mass is 32.1. The molecule has 0 spiro atoms. The van der Waals surface area contributed by atoms with Crippen LogP contribution in [0.5, 0.6) is 0 Å². The molecular formula is C23H23FS. The van der Waals surface area contributed by atoms with Crippen molar-refractivity contribution in [2.75, 3.05) is 0 Å². The number of thiophene rings is 1. The van der Waals surface area contributed by atoms with Crippen molar-refractivity contribution in [1.29, 1.82) is 0 Å². The number of halogens is 1. The van der Waals surface area contributed by atoms with Crippen molar-refractivity contribution in [2.24, 2.45) is 0 Å². The van der Waals surface area contributed by atoms with Gasteiger partial charge in [-0.15, -0.1) is 11.3 Å². The summed E-state index contributed by atoms with van der Waals surface area (Å²) < 4.78 is 14.8. The molecule has 1 aliphatic rings. The van der Waals surface area contributed by atoms with Crippen molar-refractivity contribution in [2.45, 2.75) is 44.9 Å². The van der Waals surface area contributed by atoms with Gasteiger partial charge >= 0.3 is 0 Å². The first-order valence-electron chi connectivity index (χ1n) is 9.23. The van der Waals surface area contributed by atoms with Crippen molar-refractivity contribution >= 4 is 11.3 Å². The molecule has 1 aliphatic carbocycles. The van der Waals surface area contributed by atoms with Crippen LogP contribution in [0.1, 0.15) is 49.0 Å². The number of benzene rings is 2. The van der Waals surface area contributed by atoms with Gasteiger partial charge in [0.2, 0.25) is 0 Å². The molecule has 0 atom stereocenters. The minimum atomic E-state index is -0.128. The summed E-state index contributed by atoms with van der Waals surface area (Å²) in [6.45, 7) is 2.14. The first kappa shape index (κ1) is 16.5. The number of aryl methyl sites for hydroxylation is 1. The van der Waals surface area contributed by atoms with Crippen molar-refractivity contribution in [1.82, 2.24) is 0 Å². The molecule has 2 heteroatoms. The Labute approximate surface area is 153 Å². The van der Waals surface area contributed by atoms with Gasteiger partial charge < -0.3 is 0 Å². The van der Waals surface area contributed by atoms with Crippen molar-refractivity contribution in [3.05, 3.63) is 70.9 Å². The minimum Gasteiger partial charge on any atom is -0.206 e. The van der Waals surface area contributed by atoms with E-state index in [2.05, 4.69) is 43.3 Å². The summed E-state index contributed by atoms with van der Waals surface area (Å²) in [5, 5.41) is 0. The van der Waals surface area contributed by atoms with Gasteiger partial charge in [-0.1, -0.05) is 50.1 Å². The van der Waals surface area contributed by atoms with E-state index in [1.54, 1.807) is 17.4 Å². The summed E-state index contributed by atoms with van der Waals surface area (Å²) in [6, 6.07) is 18.3. The molecule has 0 radical (unpaired) electrons. The molecule has 1 aromatic heterocycles. The van der Waals surface area contributed by atoms with Crippen LogP contribution < -0.4 is 0 Å². The fraction of sp³-hybridized carbons (Fsp3) is 0.304. The Morgan fingerprint density at radius 3 is 2.32 bits per heavy atom. The van der Waals surface area contributed by atoms with Crippen LogP contribution in [0.4, 0.5) is 4.39 Å². The predicted octanol–water partition coefficient (Wildman–Crippen LogP) is 7.44. The largest absolute Gasteiger partial charge is 0.206 e. The van der Waals surface area contributed by atoms with Gasteiger partial charge in [0.15, 0.2) is 0 Å². The third kappa shape index (κ3) is 3.41. The van der Waals surface area contributed by atoms with Crippen LogP contribution in [0.15, 0.2) is 54.6 Å². The van der Waals surface area contributed by atoms with Gasteiger partial charge in [0, 0.05) is 15.3 Å². The normalized spacial score (nSPS) is 15.0. The van der Waals surface area contributed by atoms with E-state index in [1.807, 2.05) is 12.1 Å². The topological polar surface area (TPSA) is 0 Å². The molecular weight excluding hydrogens is 327 g/mol. The van der Waals surface area contributed by atoms with Gasteiger partial charge in [0.25, 0.3) is 0 Å². The highest BCUT2D eigenvalue weighted by Gasteiger charge is 2.19. The maximum Gasteiger partial charge on any atom is 0.132 e. The maximum atomic E-state index is 14.8. The van der Waals surface area contributed by atoms with E-state index in [1.165, 1.54) is 36.1 Å². The van der Waals surface area contributed by atoms with E-state index in [9.17, 15) is 4.39 Å². The third-order valence-electron chi connectivity index (χ3n) is 5.31. The second kappa shape index (κ2) is 7.13. The zero-order chi connectivity index (χ0) is 17.2. The summed E-state index contributed by atoms with van der Waals surface area (Å²) in [5.74, 6) is 0.565. The Hall–Kier alpha value is -1.93. The average Bonchev–Trinajstić information content (AvgIpc) is 3.33. The molecule has 1 fully saturated rings. The predicted molar refractivity (Wildman–Crippen MR) is 106 cm³/mol. The van der Waals surface area contributed by atoms with E-state index >= 15 is 0 Å². The monoisotopic (exact) mass is 350 g/mol. The Bertz CT molecular complexity index is 854. The molecule has 4 rings (SSSR count). The van der Waals surface area contributed by atoms with Gasteiger partial charge in [-0.2, -0.15) is 0 Å². The van der Waals surface area contributed by atoms with Gasteiger partial charge in [0.1, 0.15) is 5.82 Å². The molecule has 0 aliphatic heterocycles. The SMILES string of the molecule is CCc1ccc(-c2ccc(-c3ccc(C4CCCC4)s3)c(F)c2)cc1. The van der Waals surface area contributed by atoms with E-state index < -0.39 is 0 Å². The summed E-state index contributed by atoms with van der Waals surface area (Å²) in [7, 11) is 0. The van der Waals surface area contributed by atoms with Gasteiger partial charge in [0.05, 0.1) is 0 Å². The highest BCUT2D eigenvalue weighted by Crippen LogP contribution is 2.41. The fourth-order valence-electron chi connectivity index (χ4n) is 3.75. The standard InChI is InChI=1S/C23H23FS/c1-2-16-7-9-17(10-8-16)19-11-12-20(21(24)15-19)23-14-13-22(25-23)18-5-3-4-6-18/h7-15,18H,2-6H2,1H3.